The number of anilines is 2. The van der Waals surface area contributed by atoms with Crippen LogP contribution in [0.15, 0.2) is 18.2 Å². The summed E-state index contributed by atoms with van der Waals surface area (Å²) in [6.07, 6.45) is 3.40. The second-order valence-electron chi connectivity index (χ2n) is 6.33. The van der Waals surface area contributed by atoms with Crippen molar-refractivity contribution in [2.75, 3.05) is 29.9 Å². The summed E-state index contributed by atoms with van der Waals surface area (Å²) in [7, 11) is 0. The molecule has 3 N–H and O–H groups in total. The lowest BCUT2D eigenvalue weighted by Crippen LogP contribution is -2.48. The molecule has 0 unspecified atom stereocenters. The van der Waals surface area contributed by atoms with Crippen molar-refractivity contribution in [3.8, 4) is 0 Å². The molecular formula is C16H24FN3O2. The van der Waals surface area contributed by atoms with Crippen LogP contribution in [0.1, 0.15) is 33.1 Å². The number of carbonyl (C=O) groups is 1. The minimum Gasteiger partial charge on any atom is -0.394 e. The van der Waals surface area contributed by atoms with E-state index in [9.17, 15) is 14.3 Å². The molecule has 1 aliphatic rings. The van der Waals surface area contributed by atoms with Gasteiger partial charge in [0.15, 0.2) is 0 Å². The minimum absolute atomic E-state index is 0.178. The molecule has 122 valence electrons. The molecule has 0 bridgehead atoms. The van der Waals surface area contributed by atoms with Gasteiger partial charge in [-0.15, -0.1) is 0 Å². The summed E-state index contributed by atoms with van der Waals surface area (Å²) in [6.45, 7) is 5.06. The number of nitrogens with zero attached hydrogens (tertiary/aromatic N) is 1. The van der Waals surface area contributed by atoms with E-state index in [-0.39, 0.29) is 6.61 Å². The fourth-order valence-electron chi connectivity index (χ4n) is 2.52. The lowest BCUT2D eigenvalue weighted by atomic mass is 10.1. The molecule has 1 fully saturated rings. The Labute approximate surface area is 130 Å². The summed E-state index contributed by atoms with van der Waals surface area (Å²) >= 11 is 0. The summed E-state index contributed by atoms with van der Waals surface area (Å²) in [4.78, 5) is 14.2. The van der Waals surface area contributed by atoms with E-state index in [0.717, 1.165) is 31.6 Å². The van der Waals surface area contributed by atoms with Crippen LogP contribution in [-0.4, -0.2) is 36.4 Å². The number of halogens is 1. The average molecular weight is 309 g/mol. The predicted octanol–water partition coefficient (Wildman–Crippen LogP) is 2.71. The van der Waals surface area contributed by atoms with Crippen LogP contribution in [0.5, 0.6) is 0 Å². The van der Waals surface area contributed by atoms with Crippen molar-refractivity contribution in [3.63, 3.8) is 0 Å². The van der Waals surface area contributed by atoms with E-state index in [4.69, 9.17) is 0 Å². The predicted molar refractivity (Wildman–Crippen MR) is 85.8 cm³/mol. The molecule has 0 saturated carbocycles. The van der Waals surface area contributed by atoms with Gasteiger partial charge in [0.25, 0.3) is 0 Å². The molecule has 1 aromatic carbocycles. The van der Waals surface area contributed by atoms with Gasteiger partial charge in [-0.2, -0.15) is 0 Å². The van der Waals surface area contributed by atoms with Crippen molar-refractivity contribution in [1.82, 2.24) is 5.32 Å². The Morgan fingerprint density at radius 2 is 2.00 bits per heavy atom. The molecule has 6 heteroatoms. The zero-order valence-corrected chi connectivity index (χ0v) is 13.2. The first-order chi connectivity index (χ1) is 10.4. The van der Waals surface area contributed by atoms with E-state index in [1.165, 1.54) is 18.6 Å². The van der Waals surface area contributed by atoms with Crippen LogP contribution >= 0.6 is 0 Å². The Bertz CT molecular complexity index is 528. The van der Waals surface area contributed by atoms with E-state index in [1.807, 2.05) is 0 Å². The van der Waals surface area contributed by atoms with E-state index in [0.29, 0.717) is 5.69 Å². The average Bonchev–Trinajstić information content (AvgIpc) is 2.47. The molecule has 2 rings (SSSR count). The lowest BCUT2D eigenvalue weighted by molar-refractivity contribution is 0.187. The van der Waals surface area contributed by atoms with Crippen LogP contribution in [-0.2, 0) is 0 Å². The zero-order valence-electron chi connectivity index (χ0n) is 13.2. The highest BCUT2D eigenvalue weighted by Crippen LogP contribution is 2.29. The first kappa shape index (κ1) is 16.5. The third kappa shape index (κ3) is 4.34. The van der Waals surface area contributed by atoms with Crippen molar-refractivity contribution in [2.45, 2.75) is 38.6 Å². The Kier molecular flexibility index (Phi) is 5.24. The van der Waals surface area contributed by atoms with Crippen molar-refractivity contribution < 1.29 is 14.3 Å². The summed E-state index contributed by atoms with van der Waals surface area (Å²) in [5.41, 5.74) is 0.550. The molecule has 0 aromatic heterocycles. The fraction of sp³-hybridized carbons (Fsp3) is 0.562. The highest BCUT2D eigenvalue weighted by atomic mass is 19.1. The molecule has 1 heterocycles. The number of aliphatic hydroxyl groups is 1. The number of urea groups is 1. The second kappa shape index (κ2) is 6.96. The molecule has 1 aromatic rings. The highest BCUT2D eigenvalue weighted by molar-refractivity contribution is 5.93. The zero-order chi connectivity index (χ0) is 16.2. The topological polar surface area (TPSA) is 64.6 Å². The number of benzene rings is 1. The number of nitrogens with one attached hydrogen (secondary N) is 2. The molecule has 0 atom stereocenters. The van der Waals surface area contributed by atoms with E-state index >= 15 is 0 Å². The monoisotopic (exact) mass is 309 g/mol. The number of rotatable bonds is 4. The number of hydrogen-bond acceptors (Lipinski definition) is 3. The van der Waals surface area contributed by atoms with Gasteiger partial charge in [0.2, 0.25) is 0 Å². The first-order valence-corrected chi connectivity index (χ1v) is 7.66. The molecular weight excluding hydrogens is 285 g/mol. The van der Waals surface area contributed by atoms with Crippen LogP contribution in [0.2, 0.25) is 0 Å². The van der Waals surface area contributed by atoms with E-state index < -0.39 is 17.4 Å². The van der Waals surface area contributed by atoms with Crippen LogP contribution in [0.3, 0.4) is 0 Å². The Morgan fingerprint density at radius 1 is 1.32 bits per heavy atom. The van der Waals surface area contributed by atoms with Crippen LogP contribution in [0, 0.1) is 5.82 Å². The number of amides is 2. The summed E-state index contributed by atoms with van der Waals surface area (Å²) in [5.74, 6) is -0.391. The van der Waals surface area contributed by atoms with Gasteiger partial charge in [-0.25, -0.2) is 9.18 Å². The fourth-order valence-corrected chi connectivity index (χ4v) is 2.52. The first-order valence-electron chi connectivity index (χ1n) is 7.66. The number of aliphatic hydroxyl groups excluding tert-OH is 1. The van der Waals surface area contributed by atoms with E-state index in [2.05, 4.69) is 15.5 Å². The van der Waals surface area contributed by atoms with Gasteiger partial charge in [-0.1, -0.05) is 0 Å². The molecule has 0 radical (unpaired) electrons. The van der Waals surface area contributed by atoms with Crippen molar-refractivity contribution in [1.29, 1.82) is 0 Å². The van der Waals surface area contributed by atoms with Gasteiger partial charge in [-0.3, -0.25) is 0 Å². The van der Waals surface area contributed by atoms with Gasteiger partial charge >= 0.3 is 6.03 Å². The van der Waals surface area contributed by atoms with Crippen molar-refractivity contribution in [2.24, 2.45) is 0 Å². The largest absolute Gasteiger partial charge is 0.394 e. The molecule has 0 spiro atoms. The molecule has 22 heavy (non-hydrogen) atoms. The standard InChI is InChI=1S/C16H24FN3O2/c1-16(2,11-21)19-15(22)18-13-10-12(17)6-7-14(13)20-8-4-3-5-9-20/h6-7,10,21H,3-5,8-9,11H2,1-2H3,(H2,18,19,22). The maximum Gasteiger partial charge on any atom is 0.319 e. The van der Waals surface area contributed by atoms with Gasteiger partial charge in [0.05, 0.1) is 23.5 Å². The van der Waals surface area contributed by atoms with Gasteiger partial charge < -0.3 is 20.6 Å². The summed E-state index contributed by atoms with van der Waals surface area (Å²) in [5, 5.41) is 14.6. The number of carbonyl (C=O) groups excluding carboxylic acids is 1. The molecule has 1 aliphatic heterocycles. The van der Waals surface area contributed by atoms with Crippen molar-refractivity contribution >= 4 is 17.4 Å². The molecule has 5 nitrogen and oxygen atoms in total. The minimum atomic E-state index is -0.733. The SMILES string of the molecule is CC(C)(CO)NC(=O)Nc1cc(F)ccc1N1CCCCC1. The molecule has 2 amide bonds. The Hall–Kier alpha value is -1.82. The van der Waals surface area contributed by atoms with Gasteiger partial charge in [-0.05, 0) is 51.3 Å². The maximum atomic E-state index is 13.5. The van der Waals surface area contributed by atoms with E-state index in [1.54, 1.807) is 19.9 Å². The number of hydrogen-bond donors (Lipinski definition) is 3. The molecule has 1 saturated heterocycles. The van der Waals surface area contributed by atoms with Gasteiger partial charge in [0, 0.05) is 13.1 Å². The van der Waals surface area contributed by atoms with Crippen LogP contribution in [0.25, 0.3) is 0 Å². The maximum absolute atomic E-state index is 13.5. The van der Waals surface area contributed by atoms with Crippen LogP contribution in [0.4, 0.5) is 20.6 Å². The highest BCUT2D eigenvalue weighted by Gasteiger charge is 2.21. The summed E-state index contributed by atoms with van der Waals surface area (Å²) in [6, 6.07) is 3.98. The normalized spacial score (nSPS) is 15.5. The second-order valence-corrected chi connectivity index (χ2v) is 6.33. The Morgan fingerprint density at radius 3 is 2.64 bits per heavy atom. The quantitative estimate of drug-likeness (QED) is 0.801. The van der Waals surface area contributed by atoms with Crippen LogP contribution < -0.4 is 15.5 Å². The van der Waals surface area contributed by atoms with Crippen molar-refractivity contribution in [3.05, 3.63) is 24.0 Å². The smallest absolute Gasteiger partial charge is 0.319 e. The Balaban J connectivity index is 2.15. The molecule has 0 aliphatic carbocycles. The lowest BCUT2D eigenvalue weighted by Gasteiger charge is -2.31. The number of piperidine rings is 1. The third-order valence-corrected chi connectivity index (χ3v) is 3.75. The summed E-state index contributed by atoms with van der Waals surface area (Å²) < 4.78 is 13.5. The van der Waals surface area contributed by atoms with Gasteiger partial charge in [0.1, 0.15) is 5.82 Å². The third-order valence-electron chi connectivity index (χ3n) is 3.75.